The zero-order chi connectivity index (χ0) is 13.0. The molecule has 0 aliphatic heterocycles. The molecule has 0 saturated carbocycles. The SMILES string of the molecule is CCCOC(=O)c1cc(C(C)=O)c(O)cc1O. The van der Waals surface area contributed by atoms with Crippen LogP contribution in [0.5, 0.6) is 11.5 Å². The van der Waals surface area contributed by atoms with Crippen molar-refractivity contribution in [2.45, 2.75) is 20.3 Å². The Morgan fingerprint density at radius 1 is 1.18 bits per heavy atom. The van der Waals surface area contributed by atoms with Crippen LogP contribution in [0.1, 0.15) is 41.0 Å². The van der Waals surface area contributed by atoms with Crippen LogP contribution in [-0.2, 0) is 4.74 Å². The largest absolute Gasteiger partial charge is 0.507 e. The van der Waals surface area contributed by atoms with Gasteiger partial charge in [-0.1, -0.05) is 6.92 Å². The highest BCUT2D eigenvalue weighted by Gasteiger charge is 2.18. The first kappa shape index (κ1) is 13.0. The fourth-order valence-electron chi connectivity index (χ4n) is 1.30. The molecule has 17 heavy (non-hydrogen) atoms. The van der Waals surface area contributed by atoms with E-state index >= 15 is 0 Å². The molecule has 0 bridgehead atoms. The lowest BCUT2D eigenvalue weighted by molar-refractivity contribution is 0.0502. The fourth-order valence-corrected chi connectivity index (χ4v) is 1.30. The summed E-state index contributed by atoms with van der Waals surface area (Å²) >= 11 is 0. The number of hydrogen-bond donors (Lipinski definition) is 2. The number of phenols is 2. The number of carbonyl (C=O) groups excluding carboxylic acids is 2. The van der Waals surface area contributed by atoms with Gasteiger partial charge in [0.25, 0.3) is 0 Å². The maximum Gasteiger partial charge on any atom is 0.341 e. The van der Waals surface area contributed by atoms with Crippen molar-refractivity contribution in [3.8, 4) is 11.5 Å². The Kier molecular flexibility index (Phi) is 4.09. The molecule has 92 valence electrons. The Balaban J connectivity index is 3.11. The van der Waals surface area contributed by atoms with Gasteiger partial charge in [0.05, 0.1) is 12.2 Å². The van der Waals surface area contributed by atoms with Gasteiger partial charge >= 0.3 is 5.97 Å². The van der Waals surface area contributed by atoms with Crippen molar-refractivity contribution >= 4 is 11.8 Å². The highest BCUT2D eigenvalue weighted by atomic mass is 16.5. The summed E-state index contributed by atoms with van der Waals surface area (Å²) in [6.07, 6.45) is 0.657. The monoisotopic (exact) mass is 238 g/mol. The van der Waals surface area contributed by atoms with E-state index in [9.17, 15) is 19.8 Å². The molecule has 1 aromatic rings. The molecule has 0 atom stereocenters. The van der Waals surface area contributed by atoms with E-state index in [0.29, 0.717) is 6.42 Å². The van der Waals surface area contributed by atoms with Crippen LogP contribution in [0.15, 0.2) is 12.1 Å². The van der Waals surface area contributed by atoms with E-state index in [4.69, 9.17) is 4.74 Å². The summed E-state index contributed by atoms with van der Waals surface area (Å²) < 4.78 is 4.84. The van der Waals surface area contributed by atoms with Crippen molar-refractivity contribution < 1.29 is 24.5 Å². The van der Waals surface area contributed by atoms with Crippen LogP contribution >= 0.6 is 0 Å². The standard InChI is InChI=1S/C12H14O5/c1-3-4-17-12(16)9-5-8(7(2)13)10(14)6-11(9)15/h5-6,14-15H,3-4H2,1-2H3. The van der Waals surface area contributed by atoms with Crippen LogP contribution in [-0.4, -0.2) is 28.6 Å². The molecule has 5 nitrogen and oxygen atoms in total. The van der Waals surface area contributed by atoms with Gasteiger partial charge in [-0.25, -0.2) is 4.79 Å². The highest BCUT2D eigenvalue weighted by molar-refractivity contribution is 6.01. The number of carbonyl (C=O) groups is 2. The molecule has 0 fully saturated rings. The maximum atomic E-state index is 11.5. The van der Waals surface area contributed by atoms with Gasteiger partial charge in [0.15, 0.2) is 5.78 Å². The van der Waals surface area contributed by atoms with Gasteiger partial charge in [-0.3, -0.25) is 4.79 Å². The molecule has 0 aliphatic carbocycles. The number of ketones is 1. The van der Waals surface area contributed by atoms with Crippen LogP contribution in [0, 0.1) is 0 Å². The zero-order valence-corrected chi connectivity index (χ0v) is 9.69. The minimum Gasteiger partial charge on any atom is -0.507 e. The first-order valence-electron chi connectivity index (χ1n) is 5.21. The molecular formula is C12H14O5. The molecule has 0 aromatic heterocycles. The molecule has 5 heteroatoms. The summed E-state index contributed by atoms with van der Waals surface area (Å²) in [6, 6.07) is 2.09. The average molecular weight is 238 g/mol. The second-order valence-corrected chi connectivity index (χ2v) is 3.58. The second-order valence-electron chi connectivity index (χ2n) is 3.58. The summed E-state index contributed by atoms with van der Waals surface area (Å²) in [4.78, 5) is 22.7. The molecule has 0 aliphatic rings. The predicted molar refractivity (Wildman–Crippen MR) is 60.3 cm³/mol. The molecule has 0 amide bonds. The second kappa shape index (κ2) is 5.34. The molecule has 0 radical (unpaired) electrons. The summed E-state index contributed by atoms with van der Waals surface area (Å²) in [6.45, 7) is 3.33. The third-order valence-electron chi connectivity index (χ3n) is 2.15. The molecule has 1 rings (SSSR count). The van der Waals surface area contributed by atoms with E-state index in [0.717, 1.165) is 12.1 Å². The minimum atomic E-state index is -0.716. The quantitative estimate of drug-likeness (QED) is 0.618. The van der Waals surface area contributed by atoms with Gasteiger partial charge in [-0.05, 0) is 19.4 Å². The van der Waals surface area contributed by atoms with Gasteiger partial charge in [-0.15, -0.1) is 0 Å². The maximum absolute atomic E-state index is 11.5. The van der Waals surface area contributed by atoms with Gasteiger partial charge in [0, 0.05) is 6.07 Å². The third-order valence-corrected chi connectivity index (χ3v) is 2.15. The number of benzene rings is 1. The van der Waals surface area contributed by atoms with E-state index in [1.54, 1.807) is 0 Å². The Labute approximate surface area is 98.6 Å². The molecule has 0 spiro atoms. The molecule has 0 saturated heterocycles. The lowest BCUT2D eigenvalue weighted by atomic mass is 10.1. The van der Waals surface area contributed by atoms with Crippen molar-refractivity contribution in [2.75, 3.05) is 6.61 Å². The zero-order valence-electron chi connectivity index (χ0n) is 9.69. The Morgan fingerprint density at radius 2 is 1.76 bits per heavy atom. The van der Waals surface area contributed by atoms with Crippen LogP contribution < -0.4 is 0 Å². The minimum absolute atomic E-state index is 0.0220. The Morgan fingerprint density at radius 3 is 2.29 bits per heavy atom. The number of ether oxygens (including phenoxy) is 1. The average Bonchev–Trinajstić information content (AvgIpc) is 2.25. The first-order valence-corrected chi connectivity index (χ1v) is 5.21. The van der Waals surface area contributed by atoms with Gasteiger partial charge in [-0.2, -0.15) is 0 Å². The molecule has 0 heterocycles. The van der Waals surface area contributed by atoms with E-state index in [1.807, 2.05) is 6.92 Å². The van der Waals surface area contributed by atoms with Gasteiger partial charge in [0.2, 0.25) is 0 Å². The summed E-state index contributed by atoms with van der Waals surface area (Å²) in [7, 11) is 0. The summed E-state index contributed by atoms with van der Waals surface area (Å²) in [5, 5.41) is 18.9. The van der Waals surface area contributed by atoms with Crippen molar-refractivity contribution in [2.24, 2.45) is 0 Å². The normalized spacial score (nSPS) is 10.0. The number of rotatable bonds is 4. The molecular weight excluding hydrogens is 224 g/mol. The predicted octanol–water partition coefficient (Wildman–Crippen LogP) is 1.87. The van der Waals surface area contributed by atoms with Crippen molar-refractivity contribution in [1.29, 1.82) is 0 Å². The van der Waals surface area contributed by atoms with Crippen LogP contribution in [0.2, 0.25) is 0 Å². The van der Waals surface area contributed by atoms with Crippen molar-refractivity contribution in [3.63, 3.8) is 0 Å². The van der Waals surface area contributed by atoms with E-state index in [1.165, 1.54) is 6.92 Å². The van der Waals surface area contributed by atoms with Crippen molar-refractivity contribution in [1.82, 2.24) is 0 Å². The van der Waals surface area contributed by atoms with Crippen LogP contribution in [0.25, 0.3) is 0 Å². The third kappa shape index (κ3) is 2.96. The highest BCUT2D eigenvalue weighted by Crippen LogP contribution is 2.28. The number of phenolic OH excluding ortho intramolecular Hbond substituents is 2. The summed E-state index contributed by atoms with van der Waals surface area (Å²) in [5.41, 5.74) is -0.146. The van der Waals surface area contributed by atoms with E-state index in [-0.39, 0.29) is 23.5 Å². The topological polar surface area (TPSA) is 83.8 Å². The first-order chi connectivity index (χ1) is 7.97. The van der Waals surface area contributed by atoms with Crippen LogP contribution in [0.3, 0.4) is 0 Å². The number of Topliss-reactive ketones (excluding diaryl/α,β-unsaturated/α-hetero) is 1. The van der Waals surface area contributed by atoms with E-state index < -0.39 is 17.5 Å². The van der Waals surface area contributed by atoms with Crippen molar-refractivity contribution in [3.05, 3.63) is 23.3 Å². The Hall–Kier alpha value is -2.04. The summed E-state index contributed by atoms with van der Waals surface area (Å²) in [5.74, 6) is -1.88. The van der Waals surface area contributed by atoms with Crippen LogP contribution in [0.4, 0.5) is 0 Å². The number of hydrogen-bond acceptors (Lipinski definition) is 5. The van der Waals surface area contributed by atoms with Gasteiger partial charge < -0.3 is 14.9 Å². The number of aromatic hydroxyl groups is 2. The lowest BCUT2D eigenvalue weighted by Crippen LogP contribution is -2.07. The fraction of sp³-hybridized carbons (Fsp3) is 0.333. The molecule has 2 N–H and O–H groups in total. The molecule has 0 unspecified atom stereocenters. The molecule has 1 aromatic carbocycles. The number of esters is 1. The Bertz CT molecular complexity index is 450. The van der Waals surface area contributed by atoms with Gasteiger partial charge in [0.1, 0.15) is 17.1 Å². The lowest BCUT2D eigenvalue weighted by Gasteiger charge is -2.08. The smallest absolute Gasteiger partial charge is 0.341 e. The van der Waals surface area contributed by atoms with E-state index in [2.05, 4.69) is 0 Å².